The summed E-state index contributed by atoms with van der Waals surface area (Å²) in [5.74, 6) is 0.0265. The molecule has 0 aromatic carbocycles. The molecule has 0 aliphatic carbocycles. The molecule has 1 aromatic rings. The number of sulfonamides is 1. The van der Waals surface area contributed by atoms with Gasteiger partial charge in [-0.25, -0.2) is 12.7 Å². The Bertz CT molecular complexity index is 539. The zero-order valence-electron chi connectivity index (χ0n) is 13.1. The Morgan fingerprint density at radius 2 is 1.76 bits per heavy atom. The fourth-order valence-electron chi connectivity index (χ4n) is 2.04. The molecule has 0 spiro atoms. The molecule has 0 aliphatic heterocycles. The summed E-state index contributed by atoms with van der Waals surface area (Å²) in [5, 5.41) is 0. The monoisotopic (exact) mass is 376 g/mol. The molecule has 0 fully saturated rings. The standard InChI is InChI=1S/C15H25BrN2O2S/c1-4-6-8-18(9-7-5-2)21(19,20)12-14-10-15(16)11-17-13(14)3/h10-11H,4-9,12H2,1-3H3. The van der Waals surface area contributed by atoms with Crippen LogP contribution in [0.5, 0.6) is 0 Å². The lowest BCUT2D eigenvalue weighted by Gasteiger charge is -2.22. The molecule has 1 heterocycles. The molecule has 0 bridgehead atoms. The molecule has 0 N–H and O–H groups in total. The quantitative estimate of drug-likeness (QED) is 0.656. The van der Waals surface area contributed by atoms with E-state index in [2.05, 4.69) is 34.8 Å². The highest BCUT2D eigenvalue weighted by Gasteiger charge is 2.22. The molecule has 1 rings (SSSR count). The second-order valence-electron chi connectivity index (χ2n) is 5.26. The molecule has 0 aliphatic rings. The van der Waals surface area contributed by atoms with E-state index < -0.39 is 10.0 Å². The first-order chi connectivity index (χ1) is 9.90. The maximum absolute atomic E-state index is 12.7. The van der Waals surface area contributed by atoms with Gasteiger partial charge in [0.15, 0.2) is 0 Å². The van der Waals surface area contributed by atoms with Gasteiger partial charge in [-0.15, -0.1) is 0 Å². The Balaban J connectivity index is 2.91. The molecule has 1 aromatic heterocycles. The predicted molar refractivity (Wildman–Crippen MR) is 90.7 cm³/mol. The number of pyridine rings is 1. The van der Waals surface area contributed by atoms with Crippen molar-refractivity contribution in [3.05, 3.63) is 28.0 Å². The van der Waals surface area contributed by atoms with Crippen molar-refractivity contribution in [2.45, 2.75) is 52.2 Å². The third-order valence-electron chi connectivity index (χ3n) is 3.41. The normalized spacial score (nSPS) is 12.0. The Kier molecular flexibility index (Phi) is 7.84. The van der Waals surface area contributed by atoms with Crippen LogP contribution < -0.4 is 0 Å². The maximum atomic E-state index is 12.7. The molecule has 0 saturated heterocycles. The van der Waals surface area contributed by atoms with Gasteiger partial charge in [-0.2, -0.15) is 0 Å². The summed E-state index contributed by atoms with van der Waals surface area (Å²) in [6.07, 6.45) is 5.49. The molecule has 120 valence electrons. The fraction of sp³-hybridized carbons (Fsp3) is 0.667. The number of hydrogen-bond acceptors (Lipinski definition) is 3. The first-order valence-corrected chi connectivity index (χ1v) is 9.89. The zero-order valence-corrected chi connectivity index (χ0v) is 15.5. The number of aryl methyl sites for hydroxylation is 1. The average Bonchev–Trinajstić information content (AvgIpc) is 2.42. The fourth-order valence-corrected chi connectivity index (χ4v) is 4.10. The third kappa shape index (κ3) is 6.04. The van der Waals surface area contributed by atoms with Gasteiger partial charge in [-0.1, -0.05) is 26.7 Å². The Morgan fingerprint density at radius 1 is 1.19 bits per heavy atom. The molecule has 0 saturated carbocycles. The molecule has 0 radical (unpaired) electrons. The number of rotatable bonds is 9. The van der Waals surface area contributed by atoms with E-state index in [-0.39, 0.29) is 5.75 Å². The minimum atomic E-state index is -3.29. The summed E-state index contributed by atoms with van der Waals surface area (Å²) in [7, 11) is -3.29. The molecule has 0 atom stereocenters. The van der Waals surface area contributed by atoms with E-state index >= 15 is 0 Å². The summed E-state index contributed by atoms with van der Waals surface area (Å²) < 4.78 is 27.8. The smallest absolute Gasteiger partial charge is 0.218 e. The number of halogens is 1. The molecule has 4 nitrogen and oxygen atoms in total. The van der Waals surface area contributed by atoms with Gasteiger partial charge in [0, 0.05) is 29.5 Å². The molecule has 6 heteroatoms. The highest BCUT2D eigenvalue weighted by molar-refractivity contribution is 9.10. The molecule has 0 amide bonds. The number of hydrogen-bond donors (Lipinski definition) is 0. The van der Waals surface area contributed by atoms with Gasteiger partial charge in [0.2, 0.25) is 10.0 Å². The van der Waals surface area contributed by atoms with Crippen LogP contribution >= 0.6 is 15.9 Å². The summed E-state index contributed by atoms with van der Waals surface area (Å²) in [5.41, 5.74) is 1.54. The summed E-state index contributed by atoms with van der Waals surface area (Å²) >= 11 is 3.35. The van der Waals surface area contributed by atoms with E-state index in [0.717, 1.165) is 41.4 Å². The lowest BCUT2D eigenvalue weighted by atomic mass is 10.2. The second-order valence-corrected chi connectivity index (χ2v) is 8.15. The summed E-state index contributed by atoms with van der Waals surface area (Å²) in [4.78, 5) is 4.22. The zero-order chi connectivity index (χ0) is 15.9. The Hall–Kier alpha value is -0.460. The van der Waals surface area contributed by atoms with Gasteiger partial charge in [0.05, 0.1) is 5.75 Å². The van der Waals surface area contributed by atoms with Crippen LogP contribution in [-0.4, -0.2) is 30.8 Å². The van der Waals surface area contributed by atoms with Crippen LogP contribution in [0.25, 0.3) is 0 Å². The second kappa shape index (κ2) is 8.86. The van der Waals surface area contributed by atoms with Gasteiger partial charge in [0.1, 0.15) is 0 Å². The van der Waals surface area contributed by atoms with E-state index in [1.54, 1.807) is 10.5 Å². The van der Waals surface area contributed by atoms with E-state index in [4.69, 9.17) is 0 Å². The van der Waals surface area contributed by atoms with Crippen LogP contribution in [0.4, 0.5) is 0 Å². The number of aromatic nitrogens is 1. The van der Waals surface area contributed by atoms with Crippen LogP contribution in [0.15, 0.2) is 16.7 Å². The van der Waals surface area contributed by atoms with E-state index in [1.165, 1.54) is 0 Å². The van der Waals surface area contributed by atoms with E-state index in [9.17, 15) is 8.42 Å². The van der Waals surface area contributed by atoms with Gasteiger partial charge in [-0.05, 0) is 47.3 Å². The number of nitrogens with zero attached hydrogens (tertiary/aromatic N) is 2. The summed E-state index contributed by atoms with van der Waals surface area (Å²) in [6, 6.07) is 1.84. The Labute approximate surface area is 137 Å². The average molecular weight is 377 g/mol. The van der Waals surface area contributed by atoms with Crippen molar-refractivity contribution in [2.75, 3.05) is 13.1 Å². The van der Waals surface area contributed by atoms with Gasteiger partial charge in [0.25, 0.3) is 0 Å². The molecule has 0 unspecified atom stereocenters. The first-order valence-electron chi connectivity index (χ1n) is 7.49. The van der Waals surface area contributed by atoms with E-state index in [0.29, 0.717) is 13.1 Å². The SMILES string of the molecule is CCCCN(CCCC)S(=O)(=O)Cc1cc(Br)cnc1C. The maximum Gasteiger partial charge on any atom is 0.218 e. The molecule has 21 heavy (non-hydrogen) atoms. The van der Waals surface area contributed by atoms with Crippen LogP contribution in [-0.2, 0) is 15.8 Å². The first kappa shape index (κ1) is 18.6. The minimum absolute atomic E-state index is 0.0265. The minimum Gasteiger partial charge on any atom is -0.260 e. The van der Waals surface area contributed by atoms with Gasteiger partial charge in [-0.3, -0.25) is 4.98 Å². The Morgan fingerprint density at radius 3 is 2.29 bits per heavy atom. The van der Waals surface area contributed by atoms with Gasteiger partial charge < -0.3 is 0 Å². The number of unbranched alkanes of at least 4 members (excludes halogenated alkanes) is 2. The summed E-state index contributed by atoms with van der Waals surface area (Å²) in [6.45, 7) is 7.22. The largest absolute Gasteiger partial charge is 0.260 e. The van der Waals surface area contributed by atoms with Crippen LogP contribution in [0.1, 0.15) is 50.8 Å². The predicted octanol–water partition coefficient (Wildman–Crippen LogP) is 3.88. The van der Waals surface area contributed by atoms with Crippen molar-refractivity contribution in [1.82, 2.24) is 9.29 Å². The van der Waals surface area contributed by atoms with Crippen molar-refractivity contribution in [2.24, 2.45) is 0 Å². The van der Waals surface area contributed by atoms with Crippen LogP contribution in [0.3, 0.4) is 0 Å². The van der Waals surface area contributed by atoms with E-state index in [1.807, 2.05) is 13.0 Å². The van der Waals surface area contributed by atoms with Crippen LogP contribution in [0, 0.1) is 6.92 Å². The van der Waals surface area contributed by atoms with Crippen molar-refractivity contribution in [1.29, 1.82) is 0 Å². The molecular formula is C15H25BrN2O2S. The van der Waals surface area contributed by atoms with Gasteiger partial charge >= 0.3 is 0 Å². The topological polar surface area (TPSA) is 50.3 Å². The van der Waals surface area contributed by atoms with Crippen molar-refractivity contribution >= 4 is 26.0 Å². The van der Waals surface area contributed by atoms with Crippen molar-refractivity contribution in [3.8, 4) is 0 Å². The van der Waals surface area contributed by atoms with Crippen molar-refractivity contribution in [3.63, 3.8) is 0 Å². The lowest BCUT2D eigenvalue weighted by molar-refractivity contribution is 0.394. The molecular weight excluding hydrogens is 352 g/mol. The lowest BCUT2D eigenvalue weighted by Crippen LogP contribution is -2.34. The third-order valence-corrected chi connectivity index (χ3v) is 5.67. The van der Waals surface area contributed by atoms with Crippen molar-refractivity contribution < 1.29 is 8.42 Å². The highest BCUT2D eigenvalue weighted by Crippen LogP contribution is 2.18. The van der Waals surface area contributed by atoms with Crippen LogP contribution in [0.2, 0.25) is 0 Å². The highest BCUT2D eigenvalue weighted by atomic mass is 79.9.